The van der Waals surface area contributed by atoms with Crippen molar-refractivity contribution in [2.45, 2.75) is 59.1 Å². The number of nitrogens with two attached hydrogens (primary N) is 3. The molecule has 3 aromatic rings. The van der Waals surface area contributed by atoms with Crippen LogP contribution in [0, 0.1) is 0 Å². The minimum Gasteiger partial charge on any atom is -0.492 e. The second-order valence-electron chi connectivity index (χ2n) is 8.39. The maximum Gasteiger partial charge on any atom is 0.333 e. The quantitative estimate of drug-likeness (QED) is 0.113. The smallest absolute Gasteiger partial charge is 0.333 e. The standard InChI is InChI=1S/C24H32N4O5.CH6N4/c1-5-8-18-21-22(27(4)26-18)23(29)28(20(6-2)25-21)13-14-33-17-11-9-16(10-12-17)15-19(24(30)31)32-7-3;2-1(3)5-4/h9-12,19H,5-8,13-15H2,1-4H3,(H,30,31);4H2,(H4,2,3,5)/t19-;/m1./s1. The van der Waals surface area contributed by atoms with Crippen LogP contribution in [-0.2, 0) is 42.4 Å². The van der Waals surface area contributed by atoms with Crippen LogP contribution in [0.1, 0.15) is 44.3 Å². The van der Waals surface area contributed by atoms with Crippen molar-refractivity contribution >= 4 is 23.0 Å². The molecule has 0 bridgehead atoms. The molecule has 1 aromatic carbocycles. The van der Waals surface area contributed by atoms with Crippen LogP contribution in [0.25, 0.3) is 11.0 Å². The number of benzene rings is 1. The molecule has 208 valence electrons. The number of carboxylic acids is 1. The predicted octanol–water partition coefficient (Wildman–Crippen LogP) is 0.890. The third-order valence-electron chi connectivity index (χ3n) is 5.62. The molecule has 0 spiro atoms. The lowest BCUT2D eigenvalue weighted by Gasteiger charge is -2.14. The summed E-state index contributed by atoms with van der Waals surface area (Å²) in [6, 6.07) is 7.24. The zero-order valence-electron chi connectivity index (χ0n) is 22.4. The summed E-state index contributed by atoms with van der Waals surface area (Å²) in [5.41, 5.74) is 12.2. The molecule has 0 radical (unpaired) electrons. The van der Waals surface area contributed by atoms with Crippen LogP contribution in [0.5, 0.6) is 5.75 Å². The molecule has 38 heavy (non-hydrogen) atoms. The molecule has 0 aliphatic rings. The van der Waals surface area contributed by atoms with Gasteiger partial charge in [0.15, 0.2) is 11.6 Å². The highest BCUT2D eigenvalue weighted by atomic mass is 16.5. The molecule has 2 heterocycles. The van der Waals surface area contributed by atoms with Gasteiger partial charge in [0, 0.05) is 26.5 Å². The number of aryl methyl sites for hydroxylation is 3. The van der Waals surface area contributed by atoms with E-state index in [1.165, 1.54) is 0 Å². The van der Waals surface area contributed by atoms with Gasteiger partial charge in [-0.2, -0.15) is 5.10 Å². The monoisotopic (exact) mass is 530 g/mol. The molecule has 7 N–H and O–H groups in total. The molecule has 1 atom stereocenters. The lowest BCUT2D eigenvalue weighted by atomic mass is 10.1. The zero-order valence-corrected chi connectivity index (χ0v) is 22.4. The maximum atomic E-state index is 13.2. The Labute approximate surface area is 221 Å². The SMILES string of the molecule is CCCc1nn(C)c2c(=O)n(CCOc3ccc(C[C@@H](OCC)C(=O)O)cc3)c(CC)nc12.NN=C(N)N. The number of guanidine groups is 1. The van der Waals surface area contributed by atoms with Gasteiger partial charge in [0.1, 0.15) is 23.7 Å². The van der Waals surface area contributed by atoms with Crippen molar-refractivity contribution in [2.24, 2.45) is 29.5 Å². The first kappa shape index (κ1) is 30.1. The van der Waals surface area contributed by atoms with Crippen LogP contribution in [-0.4, -0.2) is 55.7 Å². The van der Waals surface area contributed by atoms with Gasteiger partial charge < -0.3 is 31.9 Å². The Morgan fingerprint density at radius 1 is 1.18 bits per heavy atom. The summed E-state index contributed by atoms with van der Waals surface area (Å²) in [7, 11) is 1.78. The van der Waals surface area contributed by atoms with E-state index in [9.17, 15) is 14.7 Å². The van der Waals surface area contributed by atoms with Crippen molar-refractivity contribution in [2.75, 3.05) is 13.2 Å². The van der Waals surface area contributed by atoms with Crippen molar-refractivity contribution in [3.05, 3.63) is 51.7 Å². The Kier molecular flexibility index (Phi) is 11.5. The first-order valence-electron chi connectivity index (χ1n) is 12.5. The van der Waals surface area contributed by atoms with E-state index in [1.807, 2.05) is 19.1 Å². The van der Waals surface area contributed by atoms with E-state index < -0.39 is 12.1 Å². The summed E-state index contributed by atoms with van der Waals surface area (Å²) in [5.74, 6) is 4.80. The summed E-state index contributed by atoms with van der Waals surface area (Å²) in [6.45, 7) is 6.84. The molecule has 0 aliphatic carbocycles. The van der Waals surface area contributed by atoms with Crippen LogP contribution < -0.4 is 27.6 Å². The van der Waals surface area contributed by atoms with Crippen molar-refractivity contribution in [1.82, 2.24) is 19.3 Å². The Morgan fingerprint density at radius 2 is 1.84 bits per heavy atom. The van der Waals surface area contributed by atoms with Crippen LogP contribution >= 0.6 is 0 Å². The number of aliphatic carboxylic acids is 1. The second kappa shape index (κ2) is 14.6. The van der Waals surface area contributed by atoms with Crippen LogP contribution in [0.3, 0.4) is 0 Å². The molecule has 0 amide bonds. The van der Waals surface area contributed by atoms with Gasteiger partial charge in [0.05, 0.1) is 12.2 Å². The molecule has 0 unspecified atom stereocenters. The molecular weight excluding hydrogens is 492 g/mol. The van der Waals surface area contributed by atoms with E-state index in [2.05, 4.69) is 23.0 Å². The van der Waals surface area contributed by atoms with Gasteiger partial charge in [0.2, 0.25) is 5.96 Å². The molecular formula is C25H38N8O5. The number of carbonyl (C=O) groups is 1. The predicted molar refractivity (Wildman–Crippen MR) is 145 cm³/mol. The number of rotatable bonds is 12. The Hall–Kier alpha value is -4.13. The first-order valence-corrected chi connectivity index (χ1v) is 12.5. The second-order valence-corrected chi connectivity index (χ2v) is 8.39. The van der Waals surface area contributed by atoms with Crippen LogP contribution in [0.4, 0.5) is 0 Å². The molecule has 0 aliphatic heterocycles. The molecule has 13 heteroatoms. The molecule has 0 saturated carbocycles. The first-order chi connectivity index (χ1) is 18.2. The molecule has 13 nitrogen and oxygen atoms in total. The third-order valence-corrected chi connectivity index (χ3v) is 5.62. The molecule has 0 fully saturated rings. The van der Waals surface area contributed by atoms with Crippen molar-refractivity contribution in [3.8, 4) is 5.75 Å². The topological polar surface area (TPSA) is 199 Å². The lowest BCUT2D eigenvalue weighted by molar-refractivity contribution is -0.149. The summed E-state index contributed by atoms with van der Waals surface area (Å²) < 4.78 is 14.4. The number of carboxylic acid groups (broad SMARTS) is 1. The van der Waals surface area contributed by atoms with Crippen molar-refractivity contribution in [1.29, 1.82) is 0 Å². The number of aromatic nitrogens is 4. The fraction of sp³-hybridized carbons (Fsp3) is 0.480. The van der Waals surface area contributed by atoms with Gasteiger partial charge in [-0.05, 0) is 31.0 Å². The van der Waals surface area contributed by atoms with E-state index in [-0.39, 0.29) is 17.9 Å². The molecule has 0 saturated heterocycles. The van der Waals surface area contributed by atoms with E-state index in [0.29, 0.717) is 48.8 Å². The zero-order chi connectivity index (χ0) is 28.2. The summed E-state index contributed by atoms with van der Waals surface area (Å²) in [5, 5.41) is 16.6. The van der Waals surface area contributed by atoms with Gasteiger partial charge in [-0.1, -0.05) is 32.4 Å². The van der Waals surface area contributed by atoms with Crippen LogP contribution in [0.2, 0.25) is 0 Å². The normalized spacial score (nSPS) is 11.5. The van der Waals surface area contributed by atoms with Crippen molar-refractivity contribution in [3.63, 3.8) is 0 Å². The van der Waals surface area contributed by atoms with E-state index >= 15 is 0 Å². The van der Waals surface area contributed by atoms with Gasteiger partial charge in [-0.15, -0.1) is 5.10 Å². The minimum atomic E-state index is -0.977. The number of hydrogen-bond donors (Lipinski definition) is 4. The minimum absolute atomic E-state index is 0.0926. The maximum absolute atomic E-state index is 13.2. The average Bonchev–Trinajstić information content (AvgIpc) is 3.21. The highest BCUT2D eigenvalue weighted by Gasteiger charge is 2.19. The Bertz CT molecular complexity index is 1280. The summed E-state index contributed by atoms with van der Waals surface area (Å²) >= 11 is 0. The largest absolute Gasteiger partial charge is 0.492 e. The number of nitrogens with zero attached hydrogens (tertiary/aromatic N) is 5. The van der Waals surface area contributed by atoms with Crippen molar-refractivity contribution < 1.29 is 19.4 Å². The summed E-state index contributed by atoms with van der Waals surface area (Å²) in [4.78, 5) is 29.2. The fourth-order valence-corrected chi connectivity index (χ4v) is 3.88. The van der Waals surface area contributed by atoms with E-state index in [4.69, 9.17) is 25.9 Å². The number of hydrazone groups is 1. The summed E-state index contributed by atoms with van der Waals surface area (Å²) in [6.07, 6.45) is 1.77. The van der Waals surface area contributed by atoms with Crippen LogP contribution in [0.15, 0.2) is 34.2 Å². The molecule has 2 aromatic heterocycles. The highest BCUT2D eigenvalue weighted by Crippen LogP contribution is 2.17. The average molecular weight is 531 g/mol. The lowest BCUT2D eigenvalue weighted by Crippen LogP contribution is -2.28. The third kappa shape index (κ3) is 7.93. The number of hydrogen-bond acceptors (Lipinski definition) is 8. The van der Waals surface area contributed by atoms with E-state index in [1.54, 1.807) is 35.4 Å². The van der Waals surface area contributed by atoms with Gasteiger partial charge in [-0.3, -0.25) is 14.0 Å². The van der Waals surface area contributed by atoms with Gasteiger partial charge >= 0.3 is 5.97 Å². The Balaban J connectivity index is 0.000000926. The fourth-order valence-electron chi connectivity index (χ4n) is 3.88. The van der Waals surface area contributed by atoms with Gasteiger partial charge in [0.25, 0.3) is 5.56 Å². The van der Waals surface area contributed by atoms with Gasteiger partial charge in [-0.25, -0.2) is 9.78 Å². The number of fused-ring (bicyclic) bond motifs is 1. The van der Waals surface area contributed by atoms with E-state index in [0.717, 1.165) is 24.1 Å². The highest BCUT2D eigenvalue weighted by molar-refractivity contribution is 5.77. The number of ether oxygens (including phenoxy) is 2. The molecule has 3 rings (SSSR count). The Morgan fingerprint density at radius 3 is 2.37 bits per heavy atom.